The van der Waals surface area contributed by atoms with Crippen molar-refractivity contribution < 1.29 is 13.6 Å². The first-order chi connectivity index (χ1) is 14.1. The van der Waals surface area contributed by atoms with Gasteiger partial charge in [-0.25, -0.2) is 13.8 Å². The summed E-state index contributed by atoms with van der Waals surface area (Å²) in [4.78, 5) is 25.0. The van der Waals surface area contributed by atoms with Crippen molar-refractivity contribution in [2.45, 2.75) is 0 Å². The summed E-state index contributed by atoms with van der Waals surface area (Å²) < 4.78 is 26.9. The third-order valence-corrected chi connectivity index (χ3v) is 4.72. The maximum absolute atomic E-state index is 13.8. The van der Waals surface area contributed by atoms with Crippen molar-refractivity contribution in [3.63, 3.8) is 0 Å². The van der Waals surface area contributed by atoms with Crippen LogP contribution in [0.2, 0.25) is 0 Å². The summed E-state index contributed by atoms with van der Waals surface area (Å²) in [6.45, 7) is 2.14. The number of hydrogen-bond donors (Lipinski definition) is 1. The Morgan fingerprint density at radius 3 is 2.38 bits per heavy atom. The molecule has 1 amide bonds. The second kappa shape index (κ2) is 8.22. The molecule has 1 fully saturated rings. The van der Waals surface area contributed by atoms with Crippen molar-refractivity contribution in [3.05, 3.63) is 78.0 Å². The van der Waals surface area contributed by atoms with Crippen LogP contribution < -0.4 is 10.2 Å². The van der Waals surface area contributed by atoms with Crippen molar-refractivity contribution in [1.29, 1.82) is 0 Å². The average molecular weight is 395 g/mol. The highest BCUT2D eigenvalue weighted by Crippen LogP contribution is 2.20. The number of nitrogens with one attached hydrogen (secondary N) is 1. The minimum Gasteiger partial charge on any atom is -0.338 e. The normalized spacial score (nSPS) is 14.0. The first kappa shape index (κ1) is 18.8. The Hall–Kier alpha value is -3.55. The lowest BCUT2D eigenvalue weighted by Gasteiger charge is -2.34. The molecule has 4 rings (SSSR count). The van der Waals surface area contributed by atoms with Crippen molar-refractivity contribution in [3.8, 4) is 0 Å². The van der Waals surface area contributed by atoms with Crippen molar-refractivity contribution >= 4 is 23.4 Å². The van der Waals surface area contributed by atoms with Crippen LogP contribution in [0.15, 0.2) is 60.8 Å². The lowest BCUT2D eigenvalue weighted by atomic mass is 10.2. The second-order valence-corrected chi connectivity index (χ2v) is 6.63. The Balaban J connectivity index is 1.40. The molecule has 0 atom stereocenters. The Kier molecular flexibility index (Phi) is 5.33. The highest BCUT2D eigenvalue weighted by Gasteiger charge is 2.23. The number of amides is 1. The maximum Gasteiger partial charge on any atom is 0.253 e. The molecule has 0 radical (unpaired) electrons. The smallest absolute Gasteiger partial charge is 0.253 e. The van der Waals surface area contributed by atoms with Gasteiger partial charge in [0.05, 0.1) is 5.69 Å². The van der Waals surface area contributed by atoms with E-state index in [-0.39, 0.29) is 17.5 Å². The first-order valence-electron chi connectivity index (χ1n) is 9.24. The maximum atomic E-state index is 13.8. The first-order valence-corrected chi connectivity index (χ1v) is 9.24. The van der Waals surface area contributed by atoms with Gasteiger partial charge < -0.3 is 15.1 Å². The summed E-state index contributed by atoms with van der Waals surface area (Å²) in [6.07, 6.45) is 1.61. The third kappa shape index (κ3) is 4.31. The predicted molar refractivity (Wildman–Crippen MR) is 106 cm³/mol. The molecule has 29 heavy (non-hydrogen) atoms. The van der Waals surface area contributed by atoms with Crippen LogP contribution in [-0.4, -0.2) is 47.0 Å². The zero-order chi connectivity index (χ0) is 20.2. The van der Waals surface area contributed by atoms with Gasteiger partial charge in [-0.3, -0.25) is 4.79 Å². The standard InChI is InChI=1S/C21H19F2N5O/c22-16-7-5-15(6-8-16)20(29)27-11-13-28(14-12-27)21-24-10-9-19(26-21)25-18-4-2-1-3-17(18)23/h1-10H,11-14H2,(H,24,25,26). The van der Waals surface area contributed by atoms with E-state index in [0.29, 0.717) is 49.2 Å². The minimum absolute atomic E-state index is 0.125. The van der Waals surface area contributed by atoms with E-state index < -0.39 is 0 Å². The number of nitrogens with zero attached hydrogens (tertiary/aromatic N) is 4. The Bertz CT molecular complexity index is 1000. The number of carbonyl (C=O) groups excluding carboxylic acids is 1. The number of piperazine rings is 1. The summed E-state index contributed by atoms with van der Waals surface area (Å²) in [5, 5.41) is 2.96. The van der Waals surface area contributed by atoms with Gasteiger partial charge in [-0.05, 0) is 42.5 Å². The lowest BCUT2D eigenvalue weighted by Crippen LogP contribution is -2.49. The molecular weight excluding hydrogens is 376 g/mol. The van der Waals surface area contributed by atoms with Crippen molar-refractivity contribution in [2.24, 2.45) is 0 Å². The van der Waals surface area contributed by atoms with E-state index in [1.165, 1.54) is 30.3 Å². The molecule has 1 aliphatic heterocycles. The zero-order valence-corrected chi connectivity index (χ0v) is 15.6. The molecule has 1 aliphatic rings. The number of aromatic nitrogens is 2. The van der Waals surface area contributed by atoms with Gasteiger partial charge in [-0.15, -0.1) is 0 Å². The van der Waals surface area contributed by atoms with E-state index in [4.69, 9.17) is 0 Å². The SMILES string of the molecule is O=C(c1ccc(F)cc1)N1CCN(c2nccc(Nc3ccccc3F)n2)CC1. The summed E-state index contributed by atoms with van der Waals surface area (Å²) in [6, 6.07) is 13.6. The van der Waals surface area contributed by atoms with Gasteiger partial charge in [-0.2, -0.15) is 4.98 Å². The molecule has 2 aromatic carbocycles. The summed E-state index contributed by atoms with van der Waals surface area (Å²) >= 11 is 0. The minimum atomic E-state index is -0.368. The van der Waals surface area contributed by atoms with E-state index in [1.54, 1.807) is 35.4 Å². The highest BCUT2D eigenvalue weighted by atomic mass is 19.1. The molecular formula is C21H19F2N5O. The fourth-order valence-corrected chi connectivity index (χ4v) is 3.16. The molecule has 0 aliphatic carbocycles. The van der Waals surface area contributed by atoms with Crippen molar-refractivity contribution in [2.75, 3.05) is 36.4 Å². The number of halogens is 2. The molecule has 0 saturated carbocycles. The van der Waals surface area contributed by atoms with E-state index in [9.17, 15) is 13.6 Å². The van der Waals surface area contributed by atoms with E-state index in [0.717, 1.165) is 0 Å². The Morgan fingerprint density at radius 1 is 0.931 bits per heavy atom. The molecule has 8 heteroatoms. The number of rotatable bonds is 4. The van der Waals surface area contributed by atoms with Crippen LogP contribution in [0.1, 0.15) is 10.4 Å². The molecule has 3 aromatic rings. The largest absolute Gasteiger partial charge is 0.338 e. The molecule has 0 unspecified atom stereocenters. The number of carbonyl (C=O) groups is 1. The number of hydrogen-bond acceptors (Lipinski definition) is 5. The van der Waals surface area contributed by atoms with E-state index in [1.807, 2.05) is 4.90 Å². The lowest BCUT2D eigenvalue weighted by molar-refractivity contribution is 0.0746. The van der Waals surface area contributed by atoms with Gasteiger partial charge in [0.15, 0.2) is 0 Å². The summed E-state index contributed by atoms with van der Waals surface area (Å²) in [5.74, 6) is 0.152. The van der Waals surface area contributed by atoms with Crippen LogP contribution in [0.5, 0.6) is 0 Å². The quantitative estimate of drug-likeness (QED) is 0.733. The highest BCUT2D eigenvalue weighted by molar-refractivity contribution is 5.94. The van der Waals surface area contributed by atoms with Crippen LogP contribution >= 0.6 is 0 Å². The molecule has 0 spiro atoms. The third-order valence-electron chi connectivity index (χ3n) is 4.72. The summed E-state index contributed by atoms with van der Waals surface area (Å²) in [7, 11) is 0. The Morgan fingerprint density at radius 2 is 1.66 bits per heavy atom. The van der Waals surface area contributed by atoms with Gasteiger partial charge in [-0.1, -0.05) is 12.1 Å². The number of para-hydroxylation sites is 1. The average Bonchev–Trinajstić information content (AvgIpc) is 2.76. The van der Waals surface area contributed by atoms with Crippen LogP contribution in [0.4, 0.5) is 26.2 Å². The molecule has 1 N–H and O–H groups in total. The molecule has 6 nitrogen and oxygen atoms in total. The topological polar surface area (TPSA) is 61.4 Å². The number of anilines is 3. The monoisotopic (exact) mass is 395 g/mol. The van der Waals surface area contributed by atoms with Crippen molar-refractivity contribution in [1.82, 2.24) is 14.9 Å². The molecule has 1 aromatic heterocycles. The van der Waals surface area contributed by atoms with Crippen LogP contribution in [-0.2, 0) is 0 Å². The molecule has 0 bridgehead atoms. The fourth-order valence-electron chi connectivity index (χ4n) is 3.16. The van der Waals surface area contributed by atoms with Crippen LogP contribution in [0.3, 0.4) is 0 Å². The van der Waals surface area contributed by atoms with Gasteiger partial charge >= 0.3 is 0 Å². The predicted octanol–water partition coefficient (Wildman–Crippen LogP) is 3.46. The zero-order valence-electron chi connectivity index (χ0n) is 15.6. The van der Waals surface area contributed by atoms with E-state index in [2.05, 4.69) is 15.3 Å². The second-order valence-electron chi connectivity index (χ2n) is 6.63. The van der Waals surface area contributed by atoms with Gasteiger partial charge in [0, 0.05) is 37.9 Å². The molecule has 148 valence electrons. The molecule has 2 heterocycles. The number of benzene rings is 2. The van der Waals surface area contributed by atoms with Gasteiger partial charge in [0.25, 0.3) is 5.91 Å². The fraction of sp³-hybridized carbons (Fsp3) is 0.190. The van der Waals surface area contributed by atoms with E-state index >= 15 is 0 Å². The Labute approximate surface area is 166 Å². The van der Waals surface area contributed by atoms with Gasteiger partial charge in [0.2, 0.25) is 5.95 Å². The summed E-state index contributed by atoms with van der Waals surface area (Å²) in [5.41, 5.74) is 0.805. The van der Waals surface area contributed by atoms with Crippen LogP contribution in [0.25, 0.3) is 0 Å². The molecule has 1 saturated heterocycles. The van der Waals surface area contributed by atoms with Gasteiger partial charge in [0.1, 0.15) is 17.5 Å². The van der Waals surface area contributed by atoms with Crippen LogP contribution in [0, 0.1) is 11.6 Å².